The fourth-order valence-corrected chi connectivity index (χ4v) is 1.69. The normalized spacial score (nSPS) is 12.3. The molecular formula is C9H9N4O4P. The number of carbonyl (C=O) groups excluding carboxylic acids is 1. The predicted octanol–water partition coefficient (Wildman–Crippen LogP) is -0.0234. The maximum Gasteiger partial charge on any atom is 0.349 e. The summed E-state index contributed by atoms with van der Waals surface area (Å²) < 4.78 is 12.2. The van der Waals surface area contributed by atoms with E-state index in [9.17, 15) is 9.36 Å². The first-order valence-electron chi connectivity index (χ1n) is 4.75. The first kappa shape index (κ1) is 12.4. The fraction of sp³-hybridized carbons (Fsp3) is 0. The van der Waals surface area contributed by atoms with E-state index in [1.54, 1.807) is 0 Å². The van der Waals surface area contributed by atoms with Crippen LogP contribution in [0.5, 0.6) is 0 Å². The van der Waals surface area contributed by atoms with Crippen molar-refractivity contribution in [2.45, 2.75) is 0 Å². The second-order valence-corrected chi connectivity index (χ2v) is 4.91. The number of nitrogens with two attached hydrogens (primary N) is 1. The second kappa shape index (κ2) is 4.34. The van der Waals surface area contributed by atoms with Gasteiger partial charge in [-0.25, -0.2) is 9.97 Å². The van der Waals surface area contributed by atoms with Gasteiger partial charge in [0.25, 0.3) is 5.91 Å². The average molecular weight is 268 g/mol. The van der Waals surface area contributed by atoms with Crippen LogP contribution in [0, 0.1) is 0 Å². The number of amides is 1. The zero-order valence-corrected chi connectivity index (χ0v) is 9.86. The van der Waals surface area contributed by atoms with Gasteiger partial charge < -0.3 is 15.5 Å². The smallest absolute Gasteiger partial charge is 0.349 e. The number of hydrogen-bond donors (Lipinski definition) is 3. The van der Waals surface area contributed by atoms with Gasteiger partial charge in [0, 0.05) is 18.2 Å². The zero-order chi connectivity index (χ0) is 13.3. The van der Waals surface area contributed by atoms with Crippen LogP contribution in [0.4, 0.5) is 0 Å². The molecule has 0 unspecified atom stereocenters. The number of rotatable bonds is 3. The summed E-state index contributed by atoms with van der Waals surface area (Å²) in [5.41, 5.74) is 5.53. The summed E-state index contributed by atoms with van der Waals surface area (Å²) in [6.45, 7) is 0. The number of fused-ring (bicyclic) bond motifs is 1. The van der Waals surface area contributed by atoms with Crippen molar-refractivity contribution in [2.24, 2.45) is 5.73 Å². The number of carbonyl (C=O) groups is 1. The molecule has 0 fully saturated rings. The van der Waals surface area contributed by atoms with Crippen molar-refractivity contribution in [1.82, 2.24) is 14.4 Å². The van der Waals surface area contributed by atoms with Gasteiger partial charge >= 0.3 is 7.60 Å². The van der Waals surface area contributed by atoms with Crippen LogP contribution < -0.4 is 5.73 Å². The van der Waals surface area contributed by atoms with Crippen LogP contribution in [-0.2, 0) is 4.57 Å². The van der Waals surface area contributed by atoms with Gasteiger partial charge in [-0.2, -0.15) is 0 Å². The molecule has 0 atom stereocenters. The van der Waals surface area contributed by atoms with Gasteiger partial charge in [-0.15, -0.1) is 0 Å². The Morgan fingerprint density at radius 1 is 1.50 bits per heavy atom. The number of imidazole rings is 1. The lowest BCUT2D eigenvalue weighted by Crippen LogP contribution is -2.10. The lowest BCUT2D eigenvalue weighted by Gasteiger charge is -1.99. The van der Waals surface area contributed by atoms with Crippen molar-refractivity contribution >= 4 is 25.4 Å². The predicted molar refractivity (Wildman–Crippen MR) is 62.6 cm³/mol. The molecular weight excluding hydrogens is 259 g/mol. The maximum absolute atomic E-state index is 11.0. The van der Waals surface area contributed by atoms with Crippen molar-refractivity contribution in [3.05, 3.63) is 35.7 Å². The lowest BCUT2D eigenvalue weighted by atomic mass is 10.4. The Hall–Kier alpha value is -2.02. The van der Waals surface area contributed by atoms with Gasteiger partial charge in [0.2, 0.25) is 5.78 Å². The molecule has 0 aromatic carbocycles. The molecule has 1 amide bonds. The van der Waals surface area contributed by atoms with Crippen LogP contribution in [0.2, 0.25) is 0 Å². The third-order valence-electron chi connectivity index (χ3n) is 2.09. The Bertz CT molecular complexity index is 687. The van der Waals surface area contributed by atoms with E-state index in [4.69, 9.17) is 15.5 Å². The number of nitrogens with zero attached hydrogens (tertiary/aromatic N) is 3. The number of hydrogen-bond acceptors (Lipinski definition) is 4. The molecule has 0 spiro atoms. The fourth-order valence-electron chi connectivity index (χ4n) is 1.34. The molecule has 0 aliphatic rings. The molecule has 0 radical (unpaired) electrons. The van der Waals surface area contributed by atoms with Crippen LogP contribution in [0.1, 0.15) is 16.2 Å². The summed E-state index contributed by atoms with van der Waals surface area (Å²) in [6.07, 6.45) is 3.98. The first-order valence-corrected chi connectivity index (χ1v) is 6.43. The van der Waals surface area contributed by atoms with Crippen molar-refractivity contribution in [1.29, 1.82) is 0 Å². The molecule has 0 saturated carbocycles. The molecule has 2 aromatic rings. The quantitative estimate of drug-likeness (QED) is 0.670. The Morgan fingerprint density at radius 2 is 2.22 bits per heavy atom. The van der Waals surface area contributed by atoms with Crippen molar-refractivity contribution in [3.8, 4) is 0 Å². The number of aromatic nitrogens is 3. The van der Waals surface area contributed by atoms with Crippen LogP contribution >= 0.6 is 7.60 Å². The summed E-state index contributed by atoms with van der Waals surface area (Å²) in [5, 5.41) is 0. The Labute approximate surface area is 101 Å². The summed E-state index contributed by atoms with van der Waals surface area (Å²) in [5.74, 6) is 0.271. The molecule has 9 heteroatoms. The van der Waals surface area contributed by atoms with Crippen LogP contribution in [0.15, 0.2) is 24.3 Å². The van der Waals surface area contributed by atoms with Gasteiger partial charge in [-0.1, -0.05) is 0 Å². The molecule has 94 valence electrons. The minimum Gasteiger partial charge on any atom is -0.364 e. The van der Waals surface area contributed by atoms with Gasteiger partial charge in [0.1, 0.15) is 5.69 Å². The van der Waals surface area contributed by atoms with Gasteiger partial charge in [-0.3, -0.25) is 13.8 Å². The molecule has 8 nitrogen and oxygen atoms in total. The van der Waals surface area contributed by atoms with Crippen molar-refractivity contribution < 1.29 is 19.1 Å². The number of primary amides is 1. The highest BCUT2D eigenvalue weighted by Gasteiger charge is 2.10. The van der Waals surface area contributed by atoms with Gasteiger partial charge in [-0.05, 0) is 12.1 Å². The van der Waals surface area contributed by atoms with E-state index in [2.05, 4.69) is 9.97 Å². The highest BCUT2D eigenvalue weighted by atomic mass is 31.2. The first-order chi connectivity index (χ1) is 8.37. The highest BCUT2D eigenvalue weighted by Crippen LogP contribution is 2.36. The van der Waals surface area contributed by atoms with E-state index in [0.29, 0.717) is 5.69 Å². The Kier molecular flexibility index (Phi) is 3.00. The largest absolute Gasteiger partial charge is 0.364 e. The van der Waals surface area contributed by atoms with E-state index in [0.717, 1.165) is 5.82 Å². The molecule has 4 N–H and O–H groups in total. The van der Waals surface area contributed by atoms with E-state index in [1.165, 1.54) is 28.9 Å². The topological polar surface area (TPSA) is 131 Å². The highest BCUT2D eigenvalue weighted by molar-refractivity contribution is 7.55. The Balaban J connectivity index is 2.55. The van der Waals surface area contributed by atoms with Crippen LogP contribution in [0.3, 0.4) is 0 Å². The van der Waals surface area contributed by atoms with Crippen molar-refractivity contribution in [3.63, 3.8) is 0 Å². The molecule has 18 heavy (non-hydrogen) atoms. The van der Waals surface area contributed by atoms with Gasteiger partial charge in [0.05, 0.1) is 5.69 Å². The van der Waals surface area contributed by atoms with Crippen molar-refractivity contribution in [2.75, 3.05) is 0 Å². The molecule has 2 rings (SSSR count). The second-order valence-electron chi connectivity index (χ2n) is 3.43. The minimum absolute atomic E-state index is 0.0273. The summed E-state index contributed by atoms with van der Waals surface area (Å²) in [4.78, 5) is 36.3. The SMILES string of the molecule is NC(=O)c1cn2c(/C=C/P(=O)(O)O)ccnc2n1. The molecule has 2 aromatic heterocycles. The summed E-state index contributed by atoms with van der Waals surface area (Å²) >= 11 is 0. The van der Waals surface area contributed by atoms with E-state index in [1.807, 2.05) is 0 Å². The van der Waals surface area contributed by atoms with Crippen LogP contribution in [0.25, 0.3) is 11.9 Å². The van der Waals surface area contributed by atoms with E-state index >= 15 is 0 Å². The maximum atomic E-state index is 11.0. The van der Waals surface area contributed by atoms with Crippen LogP contribution in [-0.4, -0.2) is 30.1 Å². The third kappa shape index (κ3) is 2.62. The minimum atomic E-state index is -4.25. The molecule has 0 aliphatic heterocycles. The monoisotopic (exact) mass is 268 g/mol. The Morgan fingerprint density at radius 3 is 2.83 bits per heavy atom. The molecule has 0 saturated heterocycles. The lowest BCUT2D eigenvalue weighted by molar-refractivity contribution is 0.0996. The average Bonchev–Trinajstić information content (AvgIpc) is 2.69. The molecule has 0 bridgehead atoms. The third-order valence-corrected chi connectivity index (χ3v) is 2.63. The standard InChI is InChI=1S/C9H9N4O4P/c10-8(14)7-5-13-6(2-4-18(15,16)17)1-3-11-9(13)12-7/h1-5H,(H2,10,14)(H2,15,16,17)/b4-2+. The molecule has 2 heterocycles. The zero-order valence-electron chi connectivity index (χ0n) is 8.96. The van der Waals surface area contributed by atoms with E-state index in [-0.39, 0.29) is 11.5 Å². The van der Waals surface area contributed by atoms with E-state index < -0.39 is 13.5 Å². The molecule has 0 aliphatic carbocycles. The van der Waals surface area contributed by atoms with Gasteiger partial charge in [0.15, 0.2) is 0 Å². The summed E-state index contributed by atoms with van der Waals surface area (Å²) in [6, 6.07) is 1.52. The summed E-state index contributed by atoms with van der Waals surface area (Å²) in [7, 11) is -4.25.